The van der Waals surface area contributed by atoms with Gasteiger partial charge in [0.05, 0.1) is 10.7 Å². The molecule has 7 nitrogen and oxygen atoms in total. The van der Waals surface area contributed by atoms with Crippen molar-refractivity contribution in [2.24, 2.45) is 5.41 Å². The van der Waals surface area contributed by atoms with Gasteiger partial charge in [0.1, 0.15) is 5.69 Å². The van der Waals surface area contributed by atoms with E-state index in [1.807, 2.05) is 40.7 Å². The minimum absolute atomic E-state index is 0.0887. The normalized spacial score (nSPS) is 11.3. The molecule has 0 aliphatic heterocycles. The van der Waals surface area contributed by atoms with Crippen molar-refractivity contribution >= 4 is 34.8 Å². The van der Waals surface area contributed by atoms with Crippen molar-refractivity contribution in [2.45, 2.75) is 34.6 Å². The summed E-state index contributed by atoms with van der Waals surface area (Å²) in [6.07, 6.45) is 0. The predicted molar refractivity (Wildman–Crippen MR) is 118 cm³/mol. The zero-order valence-electron chi connectivity index (χ0n) is 17.6. The summed E-state index contributed by atoms with van der Waals surface area (Å²) in [4.78, 5) is 29.4. The second kappa shape index (κ2) is 8.28. The SMILES string of the molecule is Cc1cc(C)n(-c2ccc(Cl)c(C(=O)Nc3cccc(NC(=O)C(C)(C)C)c3)n2)n1. The molecule has 0 radical (unpaired) electrons. The zero-order chi connectivity index (χ0) is 22.1. The van der Waals surface area contributed by atoms with E-state index in [1.165, 1.54) is 0 Å². The predicted octanol–water partition coefficient (Wildman–Crippen LogP) is 4.77. The summed E-state index contributed by atoms with van der Waals surface area (Å²) in [6, 6.07) is 12.2. The van der Waals surface area contributed by atoms with E-state index in [4.69, 9.17) is 11.6 Å². The molecule has 0 aliphatic carbocycles. The summed E-state index contributed by atoms with van der Waals surface area (Å²) in [5, 5.41) is 10.2. The van der Waals surface area contributed by atoms with Gasteiger partial charge in [-0.25, -0.2) is 9.67 Å². The molecule has 30 heavy (non-hydrogen) atoms. The third-order valence-electron chi connectivity index (χ3n) is 4.33. The molecule has 2 N–H and O–H groups in total. The number of carbonyl (C=O) groups is 2. The Morgan fingerprint density at radius 2 is 1.67 bits per heavy atom. The van der Waals surface area contributed by atoms with E-state index in [1.54, 1.807) is 41.1 Å². The maximum absolute atomic E-state index is 12.8. The van der Waals surface area contributed by atoms with Crippen LogP contribution in [0.15, 0.2) is 42.5 Å². The number of pyridine rings is 1. The summed E-state index contributed by atoms with van der Waals surface area (Å²) in [7, 11) is 0. The van der Waals surface area contributed by atoms with Crippen LogP contribution in [0, 0.1) is 19.3 Å². The molecule has 3 rings (SSSR count). The smallest absolute Gasteiger partial charge is 0.275 e. The number of anilines is 2. The minimum Gasteiger partial charge on any atom is -0.326 e. The standard InChI is InChI=1S/C22H24ClN5O2/c1-13-11-14(2)28(27-13)18-10-9-17(23)19(26-18)20(29)24-15-7-6-8-16(12-15)25-21(30)22(3,4)5/h6-12H,1-5H3,(H,24,29)(H,25,30). The number of amides is 2. The molecule has 0 bridgehead atoms. The molecule has 8 heteroatoms. The summed E-state index contributed by atoms with van der Waals surface area (Å²) in [5.74, 6) is -0.0719. The first-order valence-corrected chi connectivity index (χ1v) is 9.85. The lowest BCUT2D eigenvalue weighted by atomic mass is 9.95. The van der Waals surface area contributed by atoms with Gasteiger partial charge in [0, 0.05) is 22.5 Å². The first-order valence-electron chi connectivity index (χ1n) is 9.47. The lowest BCUT2D eigenvalue weighted by Crippen LogP contribution is -2.27. The van der Waals surface area contributed by atoms with E-state index in [-0.39, 0.29) is 16.6 Å². The summed E-state index contributed by atoms with van der Waals surface area (Å²) in [6.45, 7) is 9.29. The lowest BCUT2D eigenvalue weighted by molar-refractivity contribution is -0.123. The molecule has 0 aliphatic rings. The second-order valence-corrected chi connectivity index (χ2v) is 8.49. The Bertz CT molecular complexity index is 1110. The fraction of sp³-hybridized carbons (Fsp3) is 0.273. The Morgan fingerprint density at radius 3 is 2.27 bits per heavy atom. The average molecular weight is 426 g/mol. The van der Waals surface area contributed by atoms with Crippen molar-refractivity contribution in [3.05, 3.63) is 64.6 Å². The molecule has 0 spiro atoms. The molecular weight excluding hydrogens is 402 g/mol. The molecule has 2 aromatic heterocycles. The van der Waals surface area contributed by atoms with Gasteiger partial charge >= 0.3 is 0 Å². The molecule has 2 heterocycles. The monoisotopic (exact) mass is 425 g/mol. The van der Waals surface area contributed by atoms with Crippen LogP contribution in [0.1, 0.15) is 42.6 Å². The fourth-order valence-corrected chi connectivity index (χ4v) is 2.94. The van der Waals surface area contributed by atoms with Crippen molar-refractivity contribution < 1.29 is 9.59 Å². The van der Waals surface area contributed by atoms with Gasteiger partial charge < -0.3 is 10.6 Å². The number of hydrogen-bond donors (Lipinski definition) is 2. The molecule has 0 saturated carbocycles. The number of nitrogens with zero attached hydrogens (tertiary/aromatic N) is 3. The van der Waals surface area contributed by atoms with Crippen LogP contribution in [-0.4, -0.2) is 26.6 Å². The first-order chi connectivity index (χ1) is 14.0. The number of aromatic nitrogens is 3. The lowest BCUT2D eigenvalue weighted by Gasteiger charge is -2.18. The highest BCUT2D eigenvalue weighted by Gasteiger charge is 2.21. The van der Waals surface area contributed by atoms with Gasteiger partial charge in [-0.3, -0.25) is 9.59 Å². The van der Waals surface area contributed by atoms with Crippen LogP contribution in [0.25, 0.3) is 5.82 Å². The van der Waals surface area contributed by atoms with Crippen LogP contribution < -0.4 is 10.6 Å². The summed E-state index contributed by atoms with van der Waals surface area (Å²) in [5.41, 5.74) is 2.41. The van der Waals surface area contributed by atoms with E-state index in [0.717, 1.165) is 11.4 Å². The number of aryl methyl sites for hydroxylation is 2. The molecule has 156 valence electrons. The molecule has 1 aromatic carbocycles. The Balaban J connectivity index is 1.83. The number of hydrogen-bond acceptors (Lipinski definition) is 4. The molecule has 2 amide bonds. The molecule has 0 atom stereocenters. The van der Waals surface area contributed by atoms with E-state index < -0.39 is 11.3 Å². The Labute approximate surface area is 180 Å². The van der Waals surface area contributed by atoms with Crippen LogP contribution >= 0.6 is 11.6 Å². The fourth-order valence-electron chi connectivity index (χ4n) is 2.75. The number of carbonyl (C=O) groups excluding carboxylic acids is 2. The van der Waals surface area contributed by atoms with E-state index in [9.17, 15) is 9.59 Å². The number of halogens is 1. The molecule has 0 unspecified atom stereocenters. The quantitative estimate of drug-likeness (QED) is 0.629. The van der Waals surface area contributed by atoms with Gasteiger partial charge in [0.25, 0.3) is 5.91 Å². The molecule has 3 aromatic rings. The Kier molecular flexibility index (Phi) is 5.94. The van der Waals surface area contributed by atoms with Gasteiger partial charge in [-0.2, -0.15) is 5.10 Å². The van der Waals surface area contributed by atoms with Gasteiger partial charge in [-0.15, -0.1) is 0 Å². The summed E-state index contributed by atoms with van der Waals surface area (Å²) < 4.78 is 1.66. The van der Waals surface area contributed by atoms with E-state index >= 15 is 0 Å². The van der Waals surface area contributed by atoms with Crippen molar-refractivity contribution in [2.75, 3.05) is 10.6 Å². The van der Waals surface area contributed by atoms with Crippen LogP contribution in [0.3, 0.4) is 0 Å². The number of nitrogens with one attached hydrogen (secondary N) is 2. The van der Waals surface area contributed by atoms with Crippen molar-refractivity contribution in [1.29, 1.82) is 0 Å². The maximum atomic E-state index is 12.8. The minimum atomic E-state index is -0.528. The Morgan fingerprint density at radius 1 is 1.00 bits per heavy atom. The highest BCUT2D eigenvalue weighted by molar-refractivity contribution is 6.34. The Hall–Kier alpha value is -3.19. The van der Waals surface area contributed by atoms with Gasteiger partial charge in [0.15, 0.2) is 5.82 Å². The van der Waals surface area contributed by atoms with Crippen LogP contribution in [0.2, 0.25) is 5.02 Å². The first kappa shape index (κ1) is 21.5. The van der Waals surface area contributed by atoms with E-state index in [2.05, 4.69) is 20.7 Å². The number of benzene rings is 1. The van der Waals surface area contributed by atoms with Crippen LogP contribution in [0.5, 0.6) is 0 Å². The number of rotatable bonds is 4. The molecule has 0 fully saturated rings. The van der Waals surface area contributed by atoms with Gasteiger partial charge in [-0.1, -0.05) is 38.4 Å². The third-order valence-corrected chi connectivity index (χ3v) is 4.64. The largest absolute Gasteiger partial charge is 0.326 e. The zero-order valence-corrected chi connectivity index (χ0v) is 18.3. The van der Waals surface area contributed by atoms with Crippen LogP contribution in [-0.2, 0) is 4.79 Å². The third kappa shape index (κ3) is 4.86. The van der Waals surface area contributed by atoms with Gasteiger partial charge in [-0.05, 0) is 50.2 Å². The molecule has 0 saturated heterocycles. The van der Waals surface area contributed by atoms with Crippen molar-refractivity contribution in [3.8, 4) is 5.82 Å². The molecular formula is C22H24ClN5O2. The van der Waals surface area contributed by atoms with Gasteiger partial charge in [0.2, 0.25) is 5.91 Å². The van der Waals surface area contributed by atoms with Crippen molar-refractivity contribution in [1.82, 2.24) is 14.8 Å². The van der Waals surface area contributed by atoms with Crippen molar-refractivity contribution in [3.63, 3.8) is 0 Å². The second-order valence-electron chi connectivity index (χ2n) is 8.08. The maximum Gasteiger partial charge on any atom is 0.275 e. The topological polar surface area (TPSA) is 88.9 Å². The average Bonchev–Trinajstić information content (AvgIpc) is 2.99. The highest BCUT2D eigenvalue weighted by Crippen LogP contribution is 2.22. The summed E-state index contributed by atoms with van der Waals surface area (Å²) >= 11 is 6.23. The van der Waals surface area contributed by atoms with E-state index in [0.29, 0.717) is 17.2 Å². The van der Waals surface area contributed by atoms with Crippen LogP contribution in [0.4, 0.5) is 11.4 Å². The highest BCUT2D eigenvalue weighted by atomic mass is 35.5.